The number of carbonyl (C=O) groups excluding carboxylic acids is 1. The van der Waals surface area contributed by atoms with Crippen molar-refractivity contribution in [3.8, 4) is 0 Å². The zero-order valence-corrected chi connectivity index (χ0v) is 10.1. The summed E-state index contributed by atoms with van der Waals surface area (Å²) in [5.41, 5.74) is 7.95. The van der Waals surface area contributed by atoms with Gasteiger partial charge in [0.2, 0.25) is 0 Å². The topological polar surface area (TPSA) is 67.2 Å². The van der Waals surface area contributed by atoms with Crippen LogP contribution < -0.4 is 16.4 Å². The molecule has 0 saturated heterocycles. The summed E-state index contributed by atoms with van der Waals surface area (Å²) < 4.78 is 0. The van der Waals surface area contributed by atoms with E-state index in [2.05, 4.69) is 10.6 Å². The Labute approximate surface area is 100 Å². The molecule has 0 fully saturated rings. The van der Waals surface area contributed by atoms with E-state index in [1.165, 1.54) is 0 Å². The van der Waals surface area contributed by atoms with Gasteiger partial charge in [0.05, 0.1) is 0 Å². The van der Waals surface area contributed by atoms with Crippen molar-refractivity contribution in [2.24, 2.45) is 5.73 Å². The van der Waals surface area contributed by atoms with Crippen molar-refractivity contribution in [3.63, 3.8) is 0 Å². The Morgan fingerprint density at radius 3 is 2.75 bits per heavy atom. The van der Waals surface area contributed by atoms with Gasteiger partial charge in [0.1, 0.15) is 4.99 Å². The third-order valence-electron chi connectivity index (χ3n) is 2.11. The first kappa shape index (κ1) is 12.4. The average Bonchev–Trinajstić information content (AvgIpc) is 2.21. The van der Waals surface area contributed by atoms with Gasteiger partial charge in [-0.15, -0.1) is 0 Å². The van der Waals surface area contributed by atoms with Crippen LogP contribution in [0.5, 0.6) is 0 Å². The van der Waals surface area contributed by atoms with E-state index in [1.54, 1.807) is 6.07 Å². The second kappa shape index (κ2) is 5.46. The molecule has 0 bridgehead atoms. The standard InChI is InChI=1S/C11H15N3OS/c1-3-13-11(15)14-9-6-8(10(12)16)5-4-7(9)2/h4-6H,3H2,1-2H3,(H2,12,16)(H2,13,14,15). The van der Waals surface area contributed by atoms with E-state index in [0.717, 1.165) is 16.8 Å². The van der Waals surface area contributed by atoms with Crippen molar-refractivity contribution in [2.75, 3.05) is 11.9 Å². The van der Waals surface area contributed by atoms with Gasteiger partial charge in [-0.3, -0.25) is 0 Å². The number of benzene rings is 1. The predicted octanol–water partition coefficient (Wildman–Crippen LogP) is 1.77. The van der Waals surface area contributed by atoms with Gasteiger partial charge in [-0.1, -0.05) is 24.4 Å². The molecule has 0 heterocycles. The lowest BCUT2D eigenvalue weighted by Crippen LogP contribution is -2.28. The minimum atomic E-state index is -0.231. The van der Waals surface area contributed by atoms with Crippen molar-refractivity contribution >= 4 is 28.9 Å². The van der Waals surface area contributed by atoms with Crippen LogP contribution in [0.25, 0.3) is 0 Å². The summed E-state index contributed by atoms with van der Waals surface area (Å²) in [5, 5.41) is 5.40. The number of amides is 2. The minimum absolute atomic E-state index is 0.231. The number of hydrogen-bond acceptors (Lipinski definition) is 2. The Hall–Kier alpha value is -1.62. The molecule has 86 valence electrons. The lowest BCUT2D eigenvalue weighted by Gasteiger charge is -2.10. The minimum Gasteiger partial charge on any atom is -0.389 e. The van der Waals surface area contributed by atoms with Gasteiger partial charge in [0.25, 0.3) is 0 Å². The fourth-order valence-electron chi connectivity index (χ4n) is 1.24. The summed E-state index contributed by atoms with van der Waals surface area (Å²) in [7, 11) is 0. The number of urea groups is 1. The maximum Gasteiger partial charge on any atom is 0.319 e. The van der Waals surface area contributed by atoms with Crippen LogP contribution in [-0.4, -0.2) is 17.6 Å². The summed E-state index contributed by atoms with van der Waals surface area (Å²) >= 11 is 4.88. The number of nitrogens with two attached hydrogens (primary N) is 1. The molecule has 0 aromatic heterocycles. The van der Waals surface area contributed by atoms with Crippen molar-refractivity contribution in [3.05, 3.63) is 29.3 Å². The van der Waals surface area contributed by atoms with E-state index in [-0.39, 0.29) is 6.03 Å². The molecule has 0 spiro atoms. The maximum absolute atomic E-state index is 11.4. The Balaban J connectivity index is 2.90. The Kier molecular flexibility index (Phi) is 4.25. The SMILES string of the molecule is CCNC(=O)Nc1cc(C(N)=S)ccc1C. The van der Waals surface area contributed by atoms with E-state index < -0.39 is 0 Å². The van der Waals surface area contributed by atoms with Gasteiger partial charge in [0.15, 0.2) is 0 Å². The normalized spacial score (nSPS) is 9.62. The molecule has 2 amide bonds. The van der Waals surface area contributed by atoms with Crippen LogP contribution in [0.1, 0.15) is 18.1 Å². The van der Waals surface area contributed by atoms with Gasteiger partial charge in [-0.2, -0.15) is 0 Å². The summed E-state index contributed by atoms with van der Waals surface area (Å²) in [5.74, 6) is 0. The first-order valence-corrected chi connectivity index (χ1v) is 5.40. The molecule has 16 heavy (non-hydrogen) atoms. The molecule has 0 aliphatic carbocycles. The van der Waals surface area contributed by atoms with E-state index >= 15 is 0 Å². The van der Waals surface area contributed by atoms with Crippen molar-refractivity contribution in [1.82, 2.24) is 5.32 Å². The average molecular weight is 237 g/mol. The first-order valence-electron chi connectivity index (χ1n) is 5.00. The quantitative estimate of drug-likeness (QED) is 0.702. The monoisotopic (exact) mass is 237 g/mol. The maximum atomic E-state index is 11.4. The third-order valence-corrected chi connectivity index (χ3v) is 2.34. The molecule has 0 saturated carbocycles. The highest BCUT2D eigenvalue weighted by molar-refractivity contribution is 7.80. The first-order chi connectivity index (χ1) is 7.54. The molecule has 1 aromatic rings. The van der Waals surface area contributed by atoms with Gasteiger partial charge >= 0.3 is 6.03 Å². The van der Waals surface area contributed by atoms with E-state index in [4.69, 9.17) is 18.0 Å². The number of aryl methyl sites for hydroxylation is 1. The second-order valence-corrected chi connectivity index (χ2v) is 3.82. The van der Waals surface area contributed by atoms with Crippen LogP contribution in [0, 0.1) is 6.92 Å². The van der Waals surface area contributed by atoms with Crippen LogP contribution >= 0.6 is 12.2 Å². The van der Waals surface area contributed by atoms with Crippen LogP contribution in [0.4, 0.5) is 10.5 Å². The number of carbonyl (C=O) groups is 1. The highest BCUT2D eigenvalue weighted by Crippen LogP contribution is 2.16. The Morgan fingerprint density at radius 1 is 1.50 bits per heavy atom. The van der Waals surface area contributed by atoms with Gasteiger partial charge in [-0.25, -0.2) is 4.79 Å². The van der Waals surface area contributed by atoms with Crippen LogP contribution in [0.15, 0.2) is 18.2 Å². The predicted molar refractivity (Wildman–Crippen MR) is 69.8 cm³/mol. The number of thiocarbonyl (C=S) groups is 1. The zero-order valence-electron chi connectivity index (χ0n) is 9.33. The van der Waals surface area contributed by atoms with E-state index in [9.17, 15) is 4.79 Å². The Bertz CT molecular complexity index is 418. The number of rotatable bonds is 3. The molecule has 5 heteroatoms. The smallest absolute Gasteiger partial charge is 0.319 e. The van der Waals surface area contributed by atoms with Gasteiger partial charge < -0.3 is 16.4 Å². The molecule has 4 N–H and O–H groups in total. The largest absolute Gasteiger partial charge is 0.389 e. The molecular weight excluding hydrogens is 222 g/mol. The summed E-state index contributed by atoms with van der Waals surface area (Å²) in [4.78, 5) is 11.7. The fraction of sp³-hybridized carbons (Fsp3) is 0.273. The number of nitrogens with one attached hydrogen (secondary N) is 2. The molecule has 1 rings (SSSR count). The molecule has 0 radical (unpaired) electrons. The summed E-state index contributed by atoms with van der Waals surface area (Å²) in [6.45, 7) is 4.35. The molecule has 0 aliphatic rings. The molecule has 0 atom stereocenters. The fourth-order valence-corrected chi connectivity index (χ4v) is 1.36. The van der Waals surface area contributed by atoms with E-state index in [0.29, 0.717) is 11.5 Å². The van der Waals surface area contributed by atoms with Crippen molar-refractivity contribution in [2.45, 2.75) is 13.8 Å². The lowest BCUT2D eigenvalue weighted by molar-refractivity contribution is 0.252. The Morgan fingerprint density at radius 2 is 2.19 bits per heavy atom. The van der Waals surface area contributed by atoms with Crippen LogP contribution in [0.2, 0.25) is 0 Å². The van der Waals surface area contributed by atoms with Gasteiger partial charge in [0, 0.05) is 17.8 Å². The van der Waals surface area contributed by atoms with Crippen molar-refractivity contribution < 1.29 is 4.79 Å². The molecule has 1 aromatic carbocycles. The van der Waals surface area contributed by atoms with Crippen molar-refractivity contribution in [1.29, 1.82) is 0 Å². The lowest BCUT2D eigenvalue weighted by atomic mass is 10.1. The molecule has 0 unspecified atom stereocenters. The van der Waals surface area contributed by atoms with Crippen LogP contribution in [0.3, 0.4) is 0 Å². The summed E-state index contributed by atoms with van der Waals surface area (Å²) in [6, 6.07) is 5.24. The molecule has 4 nitrogen and oxygen atoms in total. The second-order valence-electron chi connectivity index (χ2n) is 3.38. The molecule has 0 aliphatic heterocycles. The number of hydrogen-bond donors (Lipinski definition) is 3. The van der Waals surface area contributed by atoms with Crippen LogP contribution in [-0.2, 0) is 0 Å². The van der Waals surface area contributed by atoms with Gasteiger partial charge in [-0.05, 0) is 25.5 Å². The molecular formula is C11H15N3OS. The van der Waals surface area contributed by atoms with E-state index in [1.807, 2.05) is 26.0 Å². The summed E-state index contributed by atoms with van der Waals surface area (Å²) in [6.07, 6.45) is 0. The third kappa shape index (κ3) is 3.20. The number of anilines is 1. The highest BCUT2D eigenvalue weighted by atomic mass is 32.1. The highest BCUT2D eigenvalue weighted by Gasteiger charge is 2.05. The zero-order chi connectivity index (χ0) is 12.1.